The van der Waals surface area contributed by atoms with Crippen LogP contribution in [0.5, 0.6) is 5.19 Å². The number of rotatable bonds is 3. The van der Waals surface area contributed by atoms with Crippen molar-refractivity contribution in [3.63, 3.8) is 0 Å². The average molecular weight is 312 g/mol. The minimum Gasteiger partial charge on any atom is -0.463 e. The summed E-state index contributed by atoms with van der Waals surface area (Å²) >= 11 is 1.45. The summed E-state index contributed by atoms with van der Waals surface area (Å²) in [6.07, 6.45) is 3.23. The number of nitrogens with zero attached hydrogens (tertiary/aromatic N) is 4. The number of fused-ring (bicyclic) bond motifs is 1. The Morgan fingerprint density at radius 2 is 2.05 bits per heavy atom. The molecule has 0 spiro atoms. The number of aromatic nitrogens is 3. The molecule has 1 aliphatic heterocycles. The summed E-state index contributed by atoms with van der Waals surface area (Å²) in [7, 11) is 0. The van der Waals surface area contributed by atoms with Crippen molar-refractivity contribution in [3.8, 4) is 5.19 Å². The molecule has 0 bridgehead atoms. The molecule has 0 saturated carbocycles. The van der Waals surface area contributed by atoms with E-state index in [1.807, 2.05) is 29.6 Å². The first-order valence-electron chi connectivity index (χ1n) is 6.87. The fourth-order valence-electron chi connectivity index (χ4n) is 2.31. The second-order valence-corrected chi connectivity index (χ2v) is 5.85. The Kier molecular flexibility index (Phi) is 3.19. The Morgan fingerprint density at radius 1 is 1.23 bits per heavy atom. The van der Waals surface area contributed by atoms with Crippen LogP contribution in [0.2, 0.25) is 0 Å². The lowest BCUT2D eigenvalue weighted by Crippen LogP contribution is -2.56. The summed E-state index contributed by atoms with van der Waals surface area (Å²) < 4.78 is 5.65. The number of carbonyl (C=O) groups is 1. The SMILES string of the molecule is O=C(c1cnc2ccccc2n1)N1CC(Oc2nccs2)C1. The van der Waals surface area contributed by atoms with E-state index in [0.29, 0.717) is 24.0 Å². The van der Waals surface area contributed by atoms with E-state index in [4.69, 9.17) is 4.74 Å². The number of amides is 1. The summed E-state index contributed by atoms with van der Waals surface area (Å²) in [5.74, 6) is -0.114. The van der Waals surface area contributed by atoms with Crippen molar-refractivity contribution < 1.29 is 9.53 Å². The largest absolute Gasteiger partial charge is 0.463 e. The summed E-state index contributed by atoms with van der Waals surface area (Å²) in [5.41, 5.74) is 1.88. The van der Waals surface area contributed by atoms with Gasteiger partial charge in [0.25, 0.3) is 11.1 Å². The van der Waals surface area contributed by atoms with Gasteiger partial charge in [0.05, 0.1) is 30.3 Å². The van der Waals surface area contributed by atoms with E-state index < -0.39 is 0 Å². The van der Waals surface area contributed by atoms with Crippen LogP contribution in [0, 0.1) is 0 Å². The van der Waals surface area contributed by atoms with Crippen molar-refractivity contribution in [3.05, 3.63) is 47.7 Å². The van der Waals surface area contributed by atoms with Crippen molar-refractivity contribution >= 4 is 28.3 Å². The third kappa shape index (κ3) is 2.39. The van der Waals surface area contributed by atoms with Crippen LogP contribution in [-0.2, 0) is 0 Å². The highest BCUT2D eigenvalue weighted by Crippen LogP contribution is 2.21. The topological polar surface area (TPSA) is 68.2 Å². The zero-order valence-electron chi connectivity index (χ0n) is 11.5. The quantitative estimate of drug-likeness (QED) is 0.740. The number of carbonyl (C=O) groups excluding carboxylic acids is 1. The smallest absolute Gasteiger partial charge is 0.274 e. The molecule has 1 amide bonds. The lowest BCUT2D eigenvalue weighted by Gasteiger charge is -2.37. The number of likely N-dealkylation sites (tertiary alicyclic amines) is 1. The van der Waals surface area contributed by atoms with Crippen molar-refractivity contribution in [2.24, 2.45) is 0 Å². The molecule has 22 heavy (non-hydrogen) atoms. The molecule has 6 nitrogen and oxygen atoms in total. The van der Waals surface area contributed by atoms with Crippen LogP contribution in [0.4, 0.5) is 0 Å². The molecule has 0 N–H and O–H groups in total. The zero-order valence-corrected chi connectivity index (χ0v) is 12.4. The fraction of sp³-hybridized carbons (Fsp3) is 0.200. The van der Waals surface area contributed by atoms with Gasteiger partial charge in [-0.3, -0.25) is 9.78 Å². The molecule has 3 heterocycles. The predicted octanol–water partition coefficient (Wildman–Crippen LogP) is 1.99. The second kappa shape index (κ2) is 5.34. The Hall–Kier alpha value is -2.54. The second-order valence-electron chi connectivity index (χ2n) is 4.99. The van der Waals surface area contributed by atoms with E-state index in [9.17, 15) is 4.79 Å². The van der Waals surface area contributed by atoms with E-state index in [1.54, 1.807) is 11.1 Å². The van der Waals surface area contributed by atoms with Gasteiger partial charge in [0.15, 0.2) is 0 Å². The van der Waals surface area contributed by atoms with Gasteiger partial charge in [-0.1, -0.05) is 23.5 Å². The Bertz CT molecular complexity index is 815. The lowest BCUT2D eigenvalue weighted by molar-refractivity contribution is 0.0172. The first kappa shape index (κ1) is 13.1. The molecule has 1 aromatic carbocycles. The molecular weight excluding hydrogens is 300 g/mol. The number of para-hydroxylation sites is 2. The van der Waals surface area contributed by atoms with Gasteiger partial charge in [-0.25, -0.2) is 9.97 Å². The number of benzene rings is 1. The third-order valence-corrected chi connectivity index (χ3v) is 4.14. The molecule has 0 radical (unpaired) electrons. The molecule has 7 heteroatoms. The molecule has 1 aliphatic rings. The minimum atomic E-state index is -0.114. The van der Waals surface area contributed by atoms with Crippen LogP contribution in [0.15, 0.2) is 42.0 Å². The summed E-state index contributed by atoms with van der Waals surface area (Å²) in [6.45, 7) is 1.10. The highest BCUT2D eigenvalue weighted by molar-refractivity contribution is 7.11. The summed E-state index contributed by atoms with van der Waals surface area (Å²) in [6, 6.07) is 7.50. The van der Waals surface area contributed by atoms with Crippen molar-refractivity contribution in [2.45, 2.75) is 6.10 Å². The van der Waals surface area contributed by atoms with Gasteiger partial charge >= 0.3 is 0 Å². The fourth-order valence-corrected chi connectivity index (χ4v) is 2.86. The van der Waals surface area contributed by atoms with E-state index >= 15 is 0 Å². The monoisotopic (exact) mass is 312 g/mol. The zero-order chi connectivity index (χ0) is 14.9. The summed E-state index contributed by atoms with van der Waals surface area (Å²) in [5, 5.41) is 2.50. The number of ether oxygens (including phenoxy) is 1. The first-order valence-corrected chi connectivity index (χ1v) is 7.75. The summed E-state index contributed by atoms with van der Waals surface area (Å²) in [4.78, 5) is 26.8. The molecule has 0 atom stereocenters. The highest BCUT2D eigenvalue weighted by atomic mass is 32.1. The van der Waals surface area contributed by atoms with E-state index in [2.05, 4.69) is 15.0 Å². The normalized spacial score (nSPS) is 14.8. The number of thiazole rings is 1. The number of hydrogen-bond acceptors (Lipinski definition) is 6. The van der Waals surface area contributed by atoms with Gasteiger partial charge in [-0.15, -0.1) is 0 Å². The van der Waals surface area contributed by atoms with Gasteiger partial charge < -0.3 is 9.64 Å². The average Bonchev–Trinajstić information content (AvgIpc) is 3.02. The minimum absolute atomic E-state index is 0.00326. The van der Waals surface area contributed by atoms with Crippen molar-refractivity contribution in [1.82, 2.24) is 19.9 Å². The van der Waals surface area contributed by atoms with Crippen LogP contribution >= 0.6 is 11.3 Å². The van der Waals surface area contributed by atoms with E-state index in [1.165, 1.54) is 17.5 Å². The molecule has 1 fully saturated rings. The van der Waals surface area contributed by atoms with Crippen LogP contribution in [-0.4, -0.2) is 45.0 Å². The van der Waals surface area contributed by atoms with E-state index in [-0.39, 0.29) is 12.0 Å². The van der Waals surface area contributed by atoms with Gasteiger partial charge in [-0.05, 0) is 12.1 Å². The Labute approximate surface area is 130 Å². The molecule has 4 rings (SSSR count). The Balaban J connectivity index is 1.44. The third-order valence-electron chi connectivity index (χ3n) is 3.48. The van der Waals surface area contributed by atoms with Gasteiger partial charge in [-0.2, -0.15) is 0 Å². The molecule has 110 valence electrons. The standard InChI is InChI=1S/C15H12N4O2S/c20-14(13-7-17-11-3-1-2-4-12(11)18-13)19-8-10(9-19)21-15-16-5-6-22-15/h1-7,10H,8-9H2. The van der Waals surface area contributed by atoms with Crippen LogP contribution in [0.1, 0.15) is 10.5 Å². The maximum absolute atomic E-state index is 12.4. The van der Waals surface area contributed by atoms with Gasteiger partial charge in [0.1, 0.15) is 11.8 Å². The van der Waals surface area contributed by atoms with Gasteiger partial charge in [0.2, 0.25) is 0 Å². The van der Waals surface area contributed by atoms with Crippen LogP contribution in [0.25, 0.3) is 11.0 Å². The lowest BCUT2D eigenvalue weighted by atomic mass is 10.1. The van der Waals surface area contributed by atoms with Crippen LogP contribution < -0.4 is 4.74 Å². The predicted molar refractivity (Wildman–Crippen MR) is 82.0 cm³/mol. The number of hydrogen-bond donors (Lipinski definition) is 0. The first-order chi connectivity index (χ1) is 10.8. The van der Waals surface area contributed by atoms with Crippen LogP contribution in [0.3, 0.4) is 0 Å². The van der Waals surface area contributed by atoms with Gasteiger partial charge in [0, 0.05) is 11.6 Å². The maximum atomic E-state index is 12.4. The molecule has 0 aliphatic carbocycles. The Morgan fingerprint density at radius 3 is 2.82 bits per heavy atom. The molecule has 0 unspecified atom stereocenters. The highest BCUT2D eigenvalue weighted by Gasteiger charge is 2.34. The molecule has 1 saturated heterocycles. The maximum Gasteiger partial charge on any atom is 0.274 e. The molecule has 3 aromatic rings. The van der Waals surface area contributed by atoms with E-state index in [0.717, 1.165) is 11.0 Å². The van der Waals surface area contributed by atoms with Crippen molar-refractivity contribution in [1.29, 1.82) is 0 Å². The molecular formula is C15H12N4O2S. The molecule has 2 aromatic heterocycles. The van der Waals surface area contributed by atoms with Crippen molar-refractivity contribution in [2.75, 3.05) is 13.1 Å².